The second-order valence-corrected chi connectivity index (χ2v) is 5.12. The quantitative estimate of drug-likeness (QED) is 0.690. The Balaban J connectivity index is 2.18. The Kier molecular flexibility index (Phi) is 4.68. The first-order valence-electron chi connectivity index (χ1n) is 6.80. The van der Waals surface area contributed by atoms with E-state index in [0.717, 1.165) is 12.1 Å². The van der Waals surface area contributed by atoms with Crippen LogP contribution < -0.4 is 5.32 Å². The van der Waals surface area contributed by atoms with Gasteiger partial charge in [-0.05, 0) is 32.0 Å². The number of benzene rings is 2. The molecule has 0 fully saturated rings. The molecule has 5 nitrogen and oxygen atoms in total. The number of nitrogens with zero attached hydrogens (tertiary/aromatic N) is 1. The van der Waals surface area contributed by atoms with Gasteiger partial charge in [0, 0.05) is 28.8 Å². The Bertz CT molecular complexity index is 778. The topological polar surface area (TPSA) is 72.2 Å². The molecule has 1 amide bonds. The standard InChI is InChI=1S/C16H14F2N2O3/c1-9-7-11(3-6-15(9)20(22)23)16(21)19-10(2)13-5-4-12(17)8-14(13)18/h3-8,10H,1-2H3,(H,19,21)/t10-/m1/s1. The van der Waals surface area contributed by atoms with Crippen molar-refractivity contribution >= 4 is 11.6 Å². The van der Waals surface area contributed by atoms with E-state index in [1.54, 1.807) is 6.92 Å². The molecule has 0 saturated carbocycles. The summed E-state index contributed by atoms with van der Waals surface area (Å²) in [7, 11) is 0. The Labute approximate surface area is 131 Å². The SMILES string of the molecule is Cc1cc(C(=O)N[C@H](C)c2ccc(F)cc2F)ccc1[N+](=O)[O-]. The highest BCUT2D eigenvalue weighted by molar-refractivity contribution is 5.95. The molecule has 0 saturated heterocycles. The van der Waals surface area contributed by atoms with Crippen LogP contribution in [0.3, 0.4) is 0 Å². The lowest BCUT2D eigenvalue weighted by atomic mass is 10.1. The molecule has 120 valence electrons. The molecule has 0 radical (unpaired) electrons. The van der Waals surface area contributed by atoms with Crippen LogP contribution in [0, 0.1) is 28.7 Å². The van der Waals surface area contributed by atoms with E-state index in [1.165, 1.54) is 31.2 Å². The smallest absolute Gasteiger partial charge is 0.272 e. The Hall–Kier alpha value is -2.83. The van der Waals surface area contributed by atoms with E-state index in [1.807, 2.05) is 0 Å². The third-order valence-electron chi connectivity index (χ3n) is 3.43. The van der Waals surface area contributed by atoms with E-state index < -0.39 is 28.5 Å². The van der Waals surface area contributed by atoms with E-state index in [0.29, 0.717) is 5.56 Å². The van der Waals surface area contributed by atoms with Gasteiger partial charge >= 0.3 is 0 Å². The zero-order valence-corrected chi connectivity index (χ0v) is 12.5. The van der Waals surface area contributed by atoms with Gasteiger partial charge in [0.05, 0.1) is 11.0 Å². The molecule has 0 aliphatic carbocycles. The highest BCUT2D eigenvalue weighted by atomic mass is 19.1. The first kappa shape index (κ1) is 16.5. The zero-order chi connectivity index (χ0) is 17.1. The van der Waals surface area contributed by atoms with Crippen molar-refractivity contribution in [2.45, 2.75) is 19.9 Å². The van der Waals surface area contributed by atoms with Crippen molar-refractivity contribution in [3.8, 4) is 0 Å². The van der Waals surface area contributed by atoms with Gasteiger partial charge in [-0.2, -0.15) is 0 Å². The van der Waals surface area contributed by atoms with Crippen molar-refractivity contribution in [1.82, 2.24) is 5.32 Å². The van der Waals surface area contributed by atoms with E-state index in [4.69, 9.17) is 0 Å². The van der Waals surface area contributed by atoms with Crippen molar-refractivity contribution in [2.24, 2.45) is 0 Å². The van der Waals surface area contributed by atoms with Gasteiger partial charge in [-0.1, -0.05) is 6.07 Å². The predicted molar refractivity (Wildman–Crippen MR) is 80.1 cm³/mol. The molecule has 0 aromatic heterocycles. The minimum atomic E-state index is -0.752. The summed E-state index contributed by atoms with van der Waals surface area (Å²) in [5, 5.41) is 13.3. The molecular weight excluding hydrogens is 306 g/mol. The number of nitrogens with one attached hydrogen (secondary N) is 1. The lowest BCUT2D eigenvalue weighted by Gasteiger charge is -2.15. The maximum Gasteiger partial charge on any atom is 0.272 e. The number of amides is 1. The van der Waals surface area contributed by atoms with Crippen LogP contribution in [0.2, 0.25) is 0 Å². The summed E-state index contributed by atoms with van der Waals surface area (Å²) < 4.78 is 26.6. The molecule has 23 heavy (non-hydrogen) atoms. The van der Waals surface area contributed by atoms with Crippen LogP contribution in [-0.2, 0) is 0 Å². The Morgan fingerprint density at radius 3 is 2.48 bits per heavy atom. The lowest BCUT2D eigenvalue weighted by Crippen LogP contribution is -2.27. The number of rotatable bonds is 4. The normalized spacial score (nSPS) is 11.8. The van der Waals surface area contributed by atoms with Crippen LogP contribution in [0.4, 0.5) is 14.5 Å². The minimum absolute atomic E-state index is 0.0841. The molecule has 0 spiro atoms. The summed E-state index contributed by atoms with van der Waals surface area (Å²) >= 11 is 0. The molecular formula is C16H14F2N2O3. The number of nitro groups is 1. The lowest BCUT2D eigenvalue weighted by molar-refractivity contribution is -0.385. The van der Waals surface area contributed by atoms with Gasteiger partial charge < -0.3 is 5.32 Å². The van der Waals surface area contributed by atoms with Crippen LogP contribution in [-0.4, -0.2) is 10.8 Å². The predicted octanol–water partition coefficient (Wildman–Crippen LogP) is 3.67. The van der Waals surface area contributed by atoms with Gasteiger partial charge in [0.25, 0.3) is 11.6 Å². The number of aryl methyl sites for hydroxylation is 1. The summed E-state index contributed by atoms with van der Waals surface area (Å²) in [5.74, 6) is -1.95. The molecule has 0 aliphatic rings. The van der Waals surface area contributed by atoms with Gasteiger partial charge in [-0.3, -0.25) is 14.9 Å². The molecule has 7 heteroatoms. The summed E-state index contributed by atoms with van der Waals surface area (Å²) in [5.41, 5.74) is 0.642. The third kappa shape index (κ3) is 3.68. The monoisotopic (exact) mass is 320 g/mol. The number of carbonyl (C=O) groups excluding carboxylic acids is 1. The number of halogens is 2. The zero-order valence-electron chi connectivity index (χ0n) is 12.5. The molecule has 2 rings (SSSR count). The largest absolute Gasteiger partial charge is 0.345 e. The Morgan fingerprint density at radius 1 is 1.22 bits per heavy atom. The van der Waals surface area contributed by atoms with Gasteiger partial charge in [-0.25, -0.2) is 8.78 Å². The van der Waals surface area contributed by atoms with E-state index in [2.05, 4.69) is 5.32 Å². The first-order chi connectivity index (χ1) is 10.8. The molecule has 0 aliphatic heterocycles. The molecule has 2 aromatic carbocycles. The summed E-state index contributed by atoms with van der Waals surface area (Å²) in [6.45, 7) is 3.09. The average molecular weight is 320 g/mol. The average Bonchev–Trinajstić information content (AvgIpc) is 2.46. The summed E-state index contributed by atoms with van der Waals surface area (Å²) in [4.78, 5) is 22.4. The number of nitro benzene ring substituents is 1. The molecule has 1 atom stereocenters. The maximum absolute atomic E-state index is 13.7. The fourth-order valence-corrected chi connectivity index (χ4v) is 2.21. The fraction of sp³-hybridized carbons (Fsp3) is 0.188. The molecule has 0 unspecified atom stereocenters. The fourth-order valence-electron chi connectivity index (χ4n) is 2.21. The van der Waals surface area contributed by atoms with Gasteiger partial charge in [-0.15, -0.1) is 0 Å². The minimum Gasteiger partial charge on any atom is -0.345 e. The maximum atomic E-state index is 13.7. The highest BCUT2D eigenvalue weighted by Crippen LogP contribution is 2.21. The Morgan fingerprint density at radius 2 is 1.91 bits per heavy atom. The molecule has 0 heterocycles. The van der Waals surface area contributed by atoms with Gasteiger partial charge in [0.1, 0.15) is 11.6 Å². The molecule has 1 N–H and O–H groups in total. The first-order valence-corrected chi connectivity index (χ1v) is 6.80. The number of hydrogen-bond donors (Lipinski definition) is 1. The van der Waals surface area contributed by atoms with Crippen molar-refractivity contribution in [3.05, 3.63) is 74.8 Å². The summed E-state index contributed by atoms with van der Waals surface area (Å²) in [6, 6.07) is 6.39. The van der Waals surface area contributed by atoms with Crippen LogP contribution in [0.15, 0.2) is 36.4 Å². The number of hydrogen-bond acceptors (Lipinski definition) is 3. The van der Waals surface area contributed by atoms with Crippen LogP contribution in [0.25, 0.3) is 0 Å². The van der Waals surface area contributed by atoms with Crippen molar-refractivity contribution in [2.75, 3.05) is 0 Å². The van der Waals surface area contributed by atoms with Crippen LogP contribution in [0.5, 0.6) is 0 Å². The van der Waals surface area contributed by atoms with Crippen molar-refractivity contribution in [1.29, 1.82) is 0 Å². The molecule has 0 bridgehead atoms. The van der Waals surface area contributed by atoms with Crippen LogP contribution in [0.1, 0.15) is 34.5 Å². The van der Waals surface area contributed by atoms with E-state index >= 15 is 0 Å². The van der Waals surface area contributed by atoms with Crippen LogP contribution >= 0.6 is 0 Å². The second kappa shape index (κ2) is 6.51. The highest BCUT2D eigenvalue weighted by Gasteiger charge is 2.17. The summed E-state index contributed by atoms with van der Waals surface area (Å²) in [6.07, 6.45) is 0. The van der Waals surface area contributed by atoms with Crippen molar-refractivity contribution in [3.63, 3.8) is 0 Å². The van der Waals surface area contributed by atoms with Gasteiger partial charge in [0.2, 0.25) is 0 Å². The third-order valence-corrected chi connectivity index (χ3v) is 3.43. The second-order valence-electron chi connectivity index (χ2n) is 5.12. The molecule has 2 aromatic rings. The van der Waals surface area contributed by atoms with Gasteiger partial charge in [0.15, 0.2) is 0 Å². The van der Waals surface area contributed by atoms with E-state index in [9.17, 15) is 23.7 Å². The van der Waals surface area contributed by atoms with E-state index in [-0.39, 0.29) is 16.8 Å². The number of carbonyl (C=O) groups is 1. The van der Waals surface area contributed by atoms with Crippen molar-refractivity contribution < 1.29 is 18.5 Å².